The second-order valence-corrected chi connectivity index (χ2v) is 3.99. The van der Waals surface area contributed by atoms with E-state index in [0.717, 1.165) is 0 Å². The third-order valence-corrected chi connectivity index (χ3v) is 2.76. The number of rotatable bonds is 1. The van der Waals surface area contributed by atoms with Crippen molar-refractivity contribution in [1.82, 2.24) is 0 Å². The molecule has 1 aromatic rings. The number of carbonyl (C=O) groups excluding carboxylic acids is 2. The Morgan fingerprint density at radius 2 is 2.24 bits per heavy atom. The third-order valence-electron chi connectivity index (χ3n) is 2.76. The van der Waals surface area contributed by atoms with Crippen molar-refractivity contribution < 1.29 is 14.3 Å². The van der Waals surface area contributed by atoms with Crippen LogP contribution in [0.5, 0.6) is 0 Å². The summed E-state index contributed by atoms with van der Waals surface area (Å²) in [5, 5.41) is 5.89. The molecule has 1 aliphatic rings. The lowest BCUT2D eigenvalue weighted by atomic mass is 10.1. The molecule has 5 heteroatoms. The van der Waals surface area contributed by atoms with Crippen LogP contribution >= 0.6 is 0 Å². The normalized spacial score (nSPS) is 18.5. The van der Waals surface area contributed by atoms with E-state index in [2.05, 4.69) is 10.6 Å². The number of anilines is 2. The van der Waals surface area contributed by atoms with Crippen LogP contribution in [-0.2, 0) is 9.53 Å². The lowest BCUT2D eigenvalue weighted by Gasteiger charge is -2.11. The number of hydrogen-bond acceptors (Lipinski definition) is 4. The van der Waals surface area contributed by atoms with E-state index in [1.807, 2.05) is 6.92 Å². The van der Waals surface area contributed by atoms with Crippen molar-refractivity contribution in [3.63, 3.8) is 0 Å². The Morgan fingerprint density at radius 3 is 2.94 bits per heavy atom. The van der Waals surface area contributed by atoms with Crippen LogP contribution in [0.25, 0.3) is 0 Å². The number of amides is 1. The number of ether oxygens (including phenoxy) is 1. The maximum atomic E-state index is 11.7. The summed E-state index contributed by atoms with van der Waals surface area (Å²) < 4.78 is 4.71. The number of esters is 1. The Hall–Kier alpha value is -2.04. The van der Waals surface area contributed by atoms with E-state index >= 15 is 0 Å². The molecule has 1 aromatic carbocycles. The molecule has 2 rings (SSSR count). The Morgan fingerprint density at radius 1 is 1.47 bits per heavy atom. The highest BCUT2D eigenvalue weighted by molar-refractivity contribution is 6.04. The fourth-order valence-corrected chi connectivity index (χ4v) is 1.73. The van der Waals surface area contributed by atoms with Crippen molar-refractivity contribution in [3.8, 4) is 0 Å². The summed E-state index contributed by atoms with van der Waals surface area (Å²) in [5.74, 6) is -0.621. The van der Waals surface area contributed by atoms with Crippen molar-refractivity contribution in [2.75, 3.05) is 24.3 Å². The van der Waals surface area contributed by atoms with Gasteiger partial charge in [-0.25, -0.2) is 4.79 Å². The molecule has 1 atom stereocenters. The van der Waals surface area contributed by atoms with Crippen molar-refractivity contribution in [3.05, 3.63) is 23.8 Å². The average molecular weight is 234 g/mol. The zero-order chi connectivity index (χ0) is 12.4. The zero-order valence-corrected chi connectivity index (χ0v) is 9.74. The minimum atomic E-state index is -0.418. The van der Waals surface area contributed by atoms with E-state index in [1.54, 1.807) is 18.2 Å². The Kier molecular flexibility index (Phi) is 2.99. The molecule has 0 aromatic heterocycles. The summed E-state index contributed by atoms with van der Waals surface area (Å²) in [6.07, 6.45) is 0. The summed E-state index contributed by atoms with van der Waals surface area (Å²) in [5.41, 5.74) is 1.67. The van der Waals surface area contributed by atoms with Gasteiger partial charge < -0.3 is 15.4 Å². The van der Waals surface area contributed by atoms with Gasteiger partial charge in [0, 0.05) is 6.54 Å². The predicted molar refractivity (Wildman–Crippen MR) is 64.1 cm³/mol. The minimum absolute atomic E-state index is 0.0572. The molecular weight excluding hydrogens is 220 g/mol. The highest BCUT2D eigenvalue weighted by atomic mass is 16.5. The molecule has 0 radical (unpaired) electrons. The van der Waals surface area contributed by atoms with Gasteiger partial charge in [-0.1, -0.05) is 13.0 Å². The van der Waals surface area contributed by atoms with Crippen LogP contribution in [0, 0.1) is 5.92 Å². The lowest BCUT2D eigenvalue weighted by molar-refractivity contribution is -0.118. The van der Waals surface area contributed by atoms with Gasteiger partial charge in [0.05, 0.1) is 30.0 Å². The van der Waals surface area contributed by atoms with Crippen molar-refractivity contribution in [2.45, 2.75) is 6.92 Å². The maximum absolute atomic E-state index is 11.7. The molecule has 0 saturated carbocycles. The van der Waals surface area contributed by atoms with Gasteiger partial charge in [0.1, 0.15) is 0 Å². The lowest BCUT2D eigenvalue weighted by Crippen LogP contribution is -2.22. The Balaban J connectivity index is 2.45. The zero-order valence-electron chi connectivity index (χ0n) is 9.74. The topological polar surface area (TPSA) is 67.4 Å². The van der Waals surface area contributed by atoms with Crippen molar-refractivity contribution in [1.29, 1.82) is 0 Å². The molecule has 1 heterocycles. The fraction of sp³-hybridized carbons (Fsp3) is 0.333. The second-order valence-electron chi connectivity index (χ2n) is 3.99. The van der Waals surface area contributed by atoms with E-state index in [4.69, 9.17) is 4.74 Å². The van der Waals surface area contributed by atoms with Gasteiger partial charge in [0.15, 0.2) is 0 Å². The van der Waals surface area contributed by atoms with Crippen molar-refractivity contribution in [2.24, 2.45) is 5.92 Å². The Labute approximate surface area is 99.2 Å². The smallest absolute Gasteiger partial charge is 0.340 e. The van der Waals surface area contributed by atoms with Crippen LogP contribution in [0.15, 0.2) is 18.2 Å². The van der Waals surface area contributed by atoms with Gasteiger partial charge in [0.25, 0.3) is 0 Å². The molecular formula is C12H14N2O3. The second kappa shape index (κ2) is 4.45. The van der Waals surface area contributed by atoms with Crippen LogP contribution in [0.3, 0.4) is 0 Å². The summed E-state index contributed by atoms with van der Waals surface area (Å²) in [6, 6.07) is 5.13. The van der Waals surface area contributed by atoms with Crippen LogP contribution in [0.2, 0.25) is 0 Å². The highest BCUT2D eigenvalue weighted by Crippen LogP contribution is 2.29. The van der Waals surface area contributed by atoms with E-state index in [-0.39, 0.29) is 11.8 Å². The first-order valence-corrected chi connectivity index (χ1v) is 5.39. The number of methoxy groups -OCH3 is 1. The Bertz CT molecular complexity index is 471. The largest absolute Gasteiger partial charge is 0.465 e. The number of fused-ring (bicyclic) bond motifs is 1. The number of benzene rings is 1. The fourth-order valence-electron chi connectivity index (χ4n) is 1.73. The maximum Gasteiger partial charge on any atom is 0.340 e. The SMILES string of the molecule is COC(=O)c1cccc2c1NCC(C)C(=O)N2. The predicted octanol–water partition coefficient (Wildman–Crippen LogP) is 1.47. The first-order valence-electron chi connectivity index (χ1n) is 5.39. The first kappa shape index (κ1) is 11.4. The molecule has 2 N–H and O–H groups in total. The monoisotopic (exact) mass is 234 g/mol. The molecule has 17 heavy (non-hydrogen) atoms. The number of nitrogens with one attached hydrogen (secondary N) is 2. The number of carbonyl (C=O) groups is 2. The molecule has 0 spiro atoms. The summed E-state index contributed by atoms with van der Waals surface area (Å²) in [7, 11) is 1.33. The van der Waals surface area contributed by atoms with Crippen LogP contribution in [-0.4, -0.2) is 25.5 Å². The summed E-state index contributed by atoms with van der Waals surface area (Å²) in [4.78, 5) is 23.2. The molecule has 0 aliphatic carbocycles. The van der Waals surface area contributed by atoms with E-state index in [0.29, 0.717) is 23.5 Å². The van der Waals surface area contributed by atoms with Crippen molar-refractivity contribution >= 4 is 23.3 Å². The molecule has 0 fully saturated rings. The molecule has 90 valence electrons. The molecule has 0 bridgehead atoms. The van der Waals surface area contributed by atoms with Crippen LogP contribution < -0.4 is 10.6 Å². The highest BCUT2D eigenvalue weighted by Gasteiger charge is 2.23. The molecule has 0 saturated heterocycles. The molecule has 1 unspecified atom stereocenters. The average Bonchev–Trinajstić information content (AvgIpc) is 2.48. The van der Waals surface area contributed by atoms with Gasteiger partial charge >= 0.3 is 5.97 Å². The first-order chi connectivity index (χ1) is 8.13. The quantitative estimate of drug-likeness (QED) is 0.722. The van der Waals surface area contributed by atoms with Gasteiger partial charge in [0.2, 0.25) is 5.91 Å². The van der Waals surface area contributed by atoms with Crippen LogP contribution in [0.4, 0.5) is 11.4 Å². The number of para-hydroxylation sites is 1. The van der Waals surface area contributed by atoms with Gasteiger partial charge in [-0.05, 0) is 12.1 Å². The van der Waals surface area contributed by atoms with E-state index < -0.39 is 5.97 Å². The summed E-state index contributed by atoms with van der Waals surface area (Å²) in [6.45, 7) is 2.32. The standard InChI is InChI=1S/C12H14N2O3/c1-7-6-13-10-8(12(16)17-2)4-3-5-9(10)14-11(7)15/h3-5,7,13H,6H2,1-2H3,(H,14,15). The molecule has 5 nitrogen and oxygen atoms in total. The van der Waals surface area contributed by atoms with Gasteiger partial charge in [-0.15, -0.1) is 0 Å². The van der Waals surface area contributed by atoms with E-state index in [1.165, 1.54) is 7.11 Å². The minimum Gasteiger partial charge on any atom is -0.465 e. The number of hydrogen-bond donors (Lipinski definition) is 2. The summed E-state index contributed by atoms with van der Waals surface area (Å²) >= 11 is 0. The van der Waals surface area contributed by atoms with Gasteiger partial charge in [-0.3, -0.25) is 4.79 Å². The molecule has 1 aliphatic heterocycles. The van der Waals surface area contributed by atoms with E-state index in [9.17, 15) is 9.59 Å². The molecule has 1 amide bonds. The third kappa shape index (κ3) is 2.08. The van der Waals surface area contributed by atoms with Crippen LogP contribution in [0.1, 0.15) is 17.3 Å². The van der Waals surface area contributed by atoms with Gasteiger partial charge in [-0.2, -0.15) is 0 Å².